The second kappa shape index (κ2) is 8.47. The molecule has 1 aliphatic heterocycles. The van der Waals surface area contributed by atoms with E-state index in [1.807, 2.05) is 39.0 Å². The zero-order valence-electron chi connectivity index (χ0n) is 16.5. The van der Waals surface area contributed by atoms with Gasteiger partial charge in [-0.2, -0.15) is 0 Å². The molecule has 1 fully saturated rings. The maximum Gasteiger partial charge on any atom is 0.410 e. The molecular formula is C23H29NO3. The van der Waals surface area contributed by atoms with Crippen molar-refractivity contribution in [3.63, 3.8) is 0 Å². The first-order chi connectivity index (χ1) is 12.9. The zero-order valence-corrected chi connectivity index (χ0v) is 16.5. The van der Waals surface area contributed by atoms with E-state index in [4.69, 9.17) is 9.47 Å². The number of hydrogen-bond acceptors (Lipinski definition) is 3. The minimum absolute atomic E-state index is 0.0730. The quantitative estimate of drug-likeness (QED) is 0.742. The van der Waals surface area contributed by atoms with E-state index in [0.717, 1.165) is 31.6 Å². The molecule has 0 unspecified atom stereocenters. The van der Waals surface area contributed by atoms with Gasteiger partial charge in [0.25, 0.3) is 0 Å². The summed E-state index contributed by atoms with van der Waals surface area (Å²) in [6, 6.07) is 18.7. The largest absolute Gasteiger partial charge is 0.491 e. The lowest BCUT2D eigenvalue weighted by Crippen LogP contribution is -2.42. The average Bonchev–Trinajstić information content (AvgIpc) is 3.09. The zero-order chi connectivity index (χ0) is 19.3. The van der Waals surface area contributed by atoms with Crippen LogP contribution in [0.4, 0.5) is 4.79 Å². The van der Waals surface area contributed by atoms with Crippen molar-refractivity contribution in [2.75, 3.05) is 13.2 Å². The molecule has 1 aliphatic rings. The van der Waals surface area contributed by atoms with Gasteiger partial charge in [0.1, 0.15) is 18.0 Å². The number of ether oxygens (including phenoxy) is 2. The summed E-state index contributed by atoms with van der Waals surface area (Å²) in [5.74, 6) is 0.836. The van der Waals surface area contributed by atoms with E-state index >= 15 is 0 Å². The fraction of sp³-hybridized carbons (Fsp3) is 0.435. The topological polar surface area (TPSA) is 38.8 Å². The first kappa shape index (κ1) is 19.3. The maximum atomic E-state index is 12.3. The Morgan fingerprint density at radius 3 is 2.37 bits per heavy atom. The van der Waals surface area contributed by atoms with Crippen LogP contribution < -0.4 is 4.74 Å². The molecule has 27 heavy (non-hydrogen) atoms. The Kier molecular flexibility index (Phi) is 6.04. The Morgan fingerprint density at radius 2 is 1.70 bits per heavy atom. The summed E-state index contributed by atoms with van der Waals surface area (Å²) in [5.41, 5.74) is 2.08. The molecule has 0 saturated carbocycles. The van der Waals surface area contributed by atoms with Gasteiger partial charge in [-0.05, 0) is 63.3 Å². The minimum atomic E-state index is -0.473. The van der Waals surface area contributed by atoms with Gasteiger partial charge in [-0.25, -0.2) is 4.79 Å². The molecule has 1 saturated heterocycles. The van der Waals surface area contributed by atoms with Gasteiger partial charge in [-0.15, -0.1) is 0 Å². The first-order valence-electron chi connectivity index (χ1n) is 9.66. The molecule has 1 atom stereocenters. The van der Waals surface area contributed by atoms with Crippen LogP contribution in [0.5, 0.6) is 5.75 Å². The van der Waals surface area contributed by atoms with E-state index in [-0.39, 0.29) is 12.1 Å². The lowest BCUT2D eigenvalue weighted by Gasteiger charge is -2.28. The van der Waals surface area contributed by atoms with E-state index < -0.39 is 5.60 Å². The number of nitrogens with zero attached hydrogens (tertiary/aromatic N) is 1. The number of carbonyl (C=O) groups excluding carboxylic acids is 1. The summed E-state index contributed by atoms with van der Waals surface area (Å²) in [7, 11) is 0. The van der Waals surface area contributed by atoms with Crippen molar-refractivity contribution >= 4 is 6.09 Å². The molecule has 1 heterocycles. The highest BCUT2D eigenvalue weighted by molar-refractivity contribution is 5.69. The lowest BCUT2D eigenvalue weighted by atomic mass is 10.1. The summed E-state index contributed by atoms with van der Waals surface area (Å²) in [6.45, 7) is 6.91. The van der Waals surface area contributed by atoms with E-state index in [0.29, 0.717) is 6.61 Å². The number of hydrogen-bond donors (Lipinski definition) is 0. The average molecular weight is 367 g/mol. The fourth-order valence-electron chi connectivity index (χ4n) is 3.30. The van der Waals surface area contributed by atoms with Crippen LogP contribution in [0.1, 0.15) is 44.7 Å². The third-order valence-corrected chi connectivity index (χ3v) is 4.62. The van der Waals surface area contributed by atoms with E-state index in [2.05, 4.69) is 36.4 Å². The second-order valence-corrected chi connectivity index (χ2v) is 8.09. The molecule has 0 aliphatic carbocycles. The molecule has 0 spiro atoms. The van der Waals surface area contributed by atoms with Crippen LogP contribution in [-0.4, -0.2) is 35.8 Å². The molecule has 4 nitrogen and oxygen atoms in total. The number of amides is 1. The third kappa shape index (κ3) is 5.75. The van der Waals surface area contributed by atoms with Gasteiger partial charge in [-0.1, -0.05) is 42.5 Å². The molecule has 0 bridgehead atoms. The molecule has 3 rings (SSSR count). The molecule has 0 radical (unpaired) electrons. The highest BCUT2D eigenvalue weighted by atomic mass is 16.6. The highest BCUT2D eigenvalue weighted by Crippen LogP contribution is 2.22. The number of carbonyl (C=O) groups is 1. The normalized spacial score (nSPS) is 17.0. The van der Waals surface area contributed by atoms with E-state index in [1.54, 1.807) is 4.90 Å². The monoisotopic (exact) mass is 367 g/mol. The van der Waals surface area contributed by atoms with Gasteiger partial charge >= 0.3 is 6.09 Å². The van der Waals surface area contributed by atoms with Gasteiger partial charge in [-0.3, -0.25) is 0 Å². The highest BCUT2D eigenvalue weighted by Gasteiger charge is 2.32. The van der Waals surface area contributed by atoms with Crippen molar-refractivity contribution < 1.29 is 14.3 Å². The number of rotatable bonds is 5. The maximum absolute atomic E-state index is 12.3. The van der Waals surface area contributed by atoms with Crippen molar-refractivity contribution in [1.82, 2.24) is 4.90 Å². The molecule has 2 aromatic carbocycles. The van der Waals surface area contributed by atoms with E-state index in [1.165, 1.54) is 11.1 Å². The van der Waals surface area contributed by atoms with Crippen LogP contribution in [0, 0.1) is 0 Å². The summed E-state index contributed by atoms with van der Waals surface area (Å²) in [5, 5.41) is 0. The van der Waals surface area contributed by atoms with Crippen molar-refractivity contribution in [3.05, 3.63) is 65.7 Å². The Balaban J connectivity index is 1.52. The molecule has 144 valence electrons. The summed E-state index contributed by atoms with van der Waals surface area (Å²) in [6.07, 6.45) is 2.61. The molecule has 1 amide bonds. The van der Waals surface area contributed by atoms with Gasteiger partial charge in [0.05, 0.1) is 6.04 Å². The third-order valence-electron chi connectivity index (χ3n) is 4.62. The molecule has 4 heteroatoms. The van der Waals surface area contributed by atoms with Gasteiger partial charge in [0.15, 0.2) is 0 Å². The van der Waals surface area contributed by atoms with Crippen molar-refractivity contribution in [2.45, 2.75) is 51.7 Å². The standard InChI is InChI=1S/C23H29NO3/c1-23(2,3)27-22(25)24-15-7-10-20(24)17-26-21-13-11-19(12-14-21)16-18-8-5-4-6-9-18/h4-6,8-9,11-14,20H,7,10,15-17H2,1-3H3/t20-/m0/s1. The van der Waals surface area contributed by atoms with Gasteiger partial charge < -0.3 is 14.4 Å². The van der Waals surface area contributed by atoms with Crippen molar-refractivity contribution in [3.8, 4) is 5.75 Å². The number of benzene rings is 2. The predicted octanol–water partition coefficient (Wildman–Crippen LogP) is 5.06. The van der Waals surface area contributed by atoms with Crippen LogP contribution in [0.2, 0.25) is 0 Å². The van der Waals surface area contributed by atoms with Crippen LogP contribution in [0.3, 0.4) is 0 Å². The summed E-state index contributed by atoms with van der Waals surface area (Å²) < 4.78 is 11.5. The van der Waals surface area contributed by atoms with Gasteiger partial charge in [0, 0.05) is 6.54 Å². The first-order valence-corrected chi connectivity index (χ1v) is 9.66. The Hall–Kier alpha value is -2.49. The smallest absolute Gasteiger partial charge is 0.410 e. The summed E-state index contributed by atoms with van der Waals surface area (Å²) >= 11 is 0. The predicted molar refractivity (Wildman–Crippen MR) is 107 cm³/mol. The molecular weight excluding hydrogens is 338 g/mol. The SMILES string of the molecule is CC(C)(C)OC(=O)N1CCC[C@H]1COc1ccc(Cc2ccccc2)cc1. The van der Waals surface area contributed by atoms with Crippen LogP contribution >= 0.6 is 0 Å². The van der Waals surface area contributed by atoms with Crippen molar-refractivity contribution in [2.24, 2.45) is 0 Å². The van der Waals surface area contributed by atoms with Crippen LogP contribution in [0.15, 0.2) is 54.6 Å². The number of likely N-dealkylation sites (tertiary alicyclic amines) is 1. The second-order valence-electron chi connectivity index (χ2n) is 8.09. The Labute approximate surface area is 162 Å². The fourth-order valence-corrected chi connectivity index (χ4v) is 3.30. The lowest BCUT2D eigenvalue weighted by molar-refractivity contribution is 0.0187. The molecule has 0 N–H and O–H groups in total. The summed E-state index contributed by atoms with van der Waals surface area (Å²) in [4.78, 5) is 14.1. The van der Waals surface area contributed by atoms with Crippen molar-refractivity contribution in [1.29, 1.82) is 0 Å². The molecule has 2 aromatic rings. The van der Waals surface area contributed by atoms with Gasteiger partial charge in [0.2, 0.25) is 0 Å². The Morgan fingerprint density at radius 1 is 1.04 bits per heavy atom. The van der Waals surface area contributed by atoms with E-state index in [9.17, 15) is 4.79 Å². The van der Waals surface area contributed by atoms with Crippen LogP contribution in [-0.2, 0) is 11.2 Å². The Bertz CT molecular complexity index is 734. The minimum Gasteiger partial charge on any atom is -0.491 e. The molecule has 0 aromatic heterocycles. The van der Waals surface area contributed by atoms with Crippen LogP contribution in [0.25, 0.3) is 0 Å².